The Hall–Kier alpha value is -1.87. The Morgan fingerprint density at radius 2 is 1.81 bits per heavy atom. The lowest BCUT2D eigenvalue weighted by Gasteiger charge is -2.16. The van der Waals surface area contributed by atoms with E-state index in [1.54, 1.807) is 6.07 Å². The molecule has 3 rings (SSSR count). The highest BCUT2D eigenvalue weighted by molar-refractivity contribution is 6.29. The van der Waals surface area contributed by atoms with Crippen LogP contribution in [0.1, 0.15) is 46.9 Å². The van der Waals surface area contributed by atoms with E-state index < -0.39 is 0 Å². The van der Waals surface area contributed by atoms with Crippen LogP contribution in [0.4, 0.5) is 0 Å². The van der Waals surface area contributed by atoms with Gasteiger partial charge in [-0.25, -0.2) is 4.98 Å². The van der Waals surface area contributed by atoms with Gasteiger partial charge in [0.25, 0.3) is 5.91 Å². The molecule has 0 saturated heterocycles. The van der Waals surface area contributed by atoms with Gasteiger partial charge in [0.15, 0.2) is 0 Å². The maximum Gasteiger partial charge on any atom is 0.254 e. The number of carbonyl (C=O) groups is 1. The number of amides is 1. The molecule has 0 N–H and O–H groups in total. The van der Waals surface area contributed by atoms with Crippen molar-refractivity contribution in [2.45, 2.75) is 32.9 Å². The van der Waals surface area contributed by atoms with Crippen LogP contribution < -0.4 is 0 Å². The summed E-state index contributed by atoms with van der Waals surface area (Å²) in [5, 5.41) is 0.376. The zero-order valence-electron chi connectivity index (χ0n) is 12.1. The Morgan fingerprint density at radius 3 is 2.38 bits per heavy atom. The Morgan fingerprint density at radius 1 is 1.19 bits per heavy atom. The van der Waals surface area contributed by atoms with Crippen molar-refractivity contribution in [3.8, 4) is 0 Å². The number of nitrogens with zero attached hydrogens (tertiary/aromatic N) is 2. The fourth-order valence-electron chi connectivity index (χ4n) is 2.60. The average molecular weight is 301 g/mol. The van der Waals surface area contributed by atoms with Crippen LogP contribution in [0.15, 0.2) is 36.4 Å². The normalized spacial score (nSPS) is 13.6. The summed E-state index contributed by atoms with van der Waals surface area (Å²) >= 11 is 6.05. The van der Waals surface area contributed by atoms with Gasteiger partial charge in [0.05, 0.1) is 0 Å². The highest BCUT2D eigenvalue weighted by atomic mass is 35.5. The van der Waals surface area contributed by atoms with Gasteiger partial charge in [0.1, 0.15) is 5.15 Å². The third kappa shape index (κ3) is 2.79. The lowest BCUT2D eigenvalue weighted by atomic mass is 10.1. The van der Waals surface area contributed by atoms with Crippen molar-refractivity contribution in [1.29, 1.82) is 0 Å². The molecule has 4 heteroatoms. The van der Waals surface area contributed by atoms with Gasteiger partial charge in [0.2, 0.25) is 0 Å². The summed E-state index contributed by atoms with van der Waals surface area (Å²) in [5.74, 6) is 0.253. The van der Waals surface area contributed by atoms with Gasteiger partial charge in [-0.05, 0) is 29.2 Å². The van der Waals surface area contributed by atoms with Crippen molar-refractivity contribution < 1.29 is 4.79 Å². The second kappa shape index (κ2) is 5.49. The lowest BCUT2D eigenvalue weighted by Crippen LogP contribution is -2.25. The van der Waals surface area contributed by atoms with E-state index >= 15 is 0 Å². The number of halogens is 1. The lowest BCUT2D eigenvalue weighted by molar-refractivity contribution is 0.0751. The molecule has 1 aromatic heterocycles. The first-order valence-corrected chi connectivity index (χ1v) is 7.46. The van der Waals surface area contributed by atoms with Crippen LogP contribution in [0.2, 0.25) is 5.15 Å². The van der Waals surface area contributed by atoms with Gasteiger partial charge in [-0.2, -0.15) is 0 Å². The van der Waals surface area contributed by atoms with Crippen molar-refractivity contribution in [2.75, 3.05) is 0 Å². The summed E-state index contributed by atoms with van der Waals surface area (Å²) in [6, 6.07) is 11.7. The average Bonchev–Trinajstić information content (AvgIpc) is 2.89. The molecule has 1 aromatic carbocycles. The SMILES string of the molecule is CC(C)c1cc(C(=O)N2Cc3ccccc3C2)cc(Cl)n1. The van der Waals surface area contributed by atoms with Crippen molar-refractivity contribution in [3.05, 3.63) is 63.9 Å². The van der Waals surface area contributed by atoms with E-state index in [0.717, 1.165) is 5.69 Å². The van der Waals surface area contributed by atoms with E-state index in [4.69, 9.17) is 11.6 Å². The van der Waals surface area contributed by atoms with Crippen molar-refractivity contribution in [1.82, 2.24) is 9.88 Å². The van der Waals surface area contributed by atoms with Crippen molar-refractivity contribution in [3.63, 3.8) is 0 Å². The molecule has 2 heterocycles. The fourth-order valence-corrected chi connectivity index (χ4v) is 2.81. The van der Waals surface area contributed by atoms with Gasteiger partial charge in [-0.1, -0.05) is 49.7 Å². The number of fused-ring (bicyclic) bond motifs is 1. The third-order valence-corrected chi connectivity index (χ3v) is 3.97. The van der Waals surface area contributed by atoms with E-state index in [2.05, 4.69) is 17.1 Å². The van der Waals surface area contributed by atoms with Crippen LogP contribution in [-0.4, -0.2) is 15.8 Å². The molecular weight excluding hydrogens is 284 g/mol. The van der Waals surface area contributed by atoms with Crippen LogP contribution in [-0.2, 0) is 13.1 Å². The molecule has 2 aromatic rings. The molecule has 0 radical (unpaired) electrons. The zero-order chi connectivity index (χ0) is 15.0. The maximum atomic E-state index is 12.7. The predicted octanol–water partition coefficient (Wildman–Crippen LogP) is 4.01. The number of carbonyl (C=O) groups excluding carboxylic acids is 1. The van der Waals surface area contributed by atoms with Gasteiger partial charge >= 0.3 is 0 Å². The molecule has 0 saturated carbocycles. The van der Waals surface area contributed by atoms with Gasteiger partial charge in [0, 0.05) is 24.3 Å². The van der Waals surface area contributed by atoms with E-state index in [9.17, 15) is 4.79 Å². The van der Waals surface area contributed by atoms with Crippen molar-refractivity contribution in [2.24, 2.45) is 0 Å². The zero-order valence-corrected chi connectivity index (χ0v) is 12.9. The van der Waals surface area contributed by atoms with Gasteiger partial charge < -0.3 is 4.90 Å². The minimum atomic E-state index is 0.0115. The highest BCUT2D eigenvalue weighted by Crippen LogP contribution is 2.25. The molecule has 0 aliphatic carbocycles. The molecule has 0 spiro atoms. The molecular formula is C17H17ClN2O. The third-order valence-electron chi connectivity index (χ3n) is 3.78. The fraction of sp³-hybridized carbons (Fsp3) is 0.294. The molecule has 0 unspecified atom stereocenters. The Labute approximate surface area is 129 Å². The summed E-state index contributed by atoms with van der Waals surface area (Å²) in [4.78, 5) is 18.8. The van der Waals surface area contributed by atoms with E-state index in [0.29, 0.717) is 23.8 Å². The molecule has 108 valence electrons. The van der Waals surface area contributed by atoms with Crippen LogP contribution >= 0.6 is 11.6 Å². The molecule has 0 bridgehead atoms. The smallest absolute Gasteiger partial charge is 0.254 e. The van der Waals surface area contributed by atoms with Crippen LogP contribution in [0.5, 0.6) is 0 Å². The molecule has 0 fully saturated rings. The number of benzene rings is 1. The Balaban J connectivity index is 1.87. The summed E-state index contributed by atoms with van der Waals surface area (Å²) in [6.07, 6.45) is 0. The standard InChI is InChI=1S/C17H17ClN2O/c1-11(2)15-7-14(8-16(18)19-15)17(21)20-9-12-5-3-4-6-13(12)10-20/h3-8,11H,9-10H2,1-2H3. The second-order valence-electron chi connectivity index (χ2n) is 5.69. The van der Waals surface area contributed by atoms with Gasteiger partial charge in [-0.3, -0.25) is 4.79 Å². The highest BCUT2D eigenvalue weighted by Gasteiger charge is 2.24. The van der Waals surface area contributed by atoms with Crippen LogP contribution in [0.3, 0.4) is 0 Å². The molecule has 1 aliphatic heterocycles. The molecule has 1 amide bonds. The minimum Gasteiger partial charge on any atom is -0.330 e. The monoisotopic (exact) mass is 300 g/mol. The molecule has 21 heavy (non-hydrogen) atoms. The molecule has 3 nitrogen and oxygen atoms in total. The summed E-state index contributed by atoms with van der Waals surface area (Å²) < 4.78 is 0. The van der Waals surface area contributed by atoms with Crippen molar-refractivity contribution >= 4 is 17.5 Å². The number of rotatable bonds is 2. The number of pyridine rings is 1. The molecule has 0 atom stereocenters. The first kappa shape index (κ1) is 14.1. The minimum absolute atomic E-state index is 0.0115. The Bertz CT molecular complexity index is 672. The van der Waals surface area contributed by atoms with E-state index in [1.807, 2.05) is 36.9 Å². The first-order chi connectivity index (χ1) is 10.0. The number of hydrogen-bond donors (Lipinski definition) is 0. The topological polar surface area (TPSA) is 33.2 Å². The van der Waals surface area contributed by atoms with Gasteiger partial charge in [-0.15, -0.1) is 0 Å². The predicted molar refractivity (Wildman–Crippen MR) is 83.4 cm³/mol. The van der Waals surface area contributed by atoms with E-state index in [-0.39, 0.29) is 11.8 Å². The number of hydrogen-bond acceptors (Lipinski definition) is 2. The maximum absolute atomic E-state index is 12.7. The summed E-state index contributed by atoms with van der Waals surface area (Å²) in [5.41, 5.74) is 3.90. The first-order valence-electron chi connectivity index (χ1n) is 7.08. The number of aromatic nitrogens is 1. The molecule has 1 aliphatic rings. The summed E-state index contributed by atoms with van der Waals surface area (Å²) in [6.45, 7) is 5.40. The van der Waals surface area contributed by atoms with E-state index in [1.165, 1.54) is 11.1 Å². The second-order valence-corrected chi connectivity index (χ2v) is 6.08. The quantitative estimate of drug-likeness (QED) is 0.785. The Kier molecular flexibility index (Phi) is 3.68. The summed E-state index contributed by atoms with van der Waals surface area (Å²) in [7, 11) is 0. The van der Waals surface area contributed by atoms with Crippen LogP contribution in [0.25, 0.3) is 0 Å². The largest absolute Gasteiger partial charge is 0.330 e. The van der Waals surface area contributed by atoms with Crippen LogP contribution in [0, 0.1) is 0 Å².